The first-order valence-electron chi connectivity index (χ1n) is 19.0. The van der Waals surface area contributed by atoms with Crippen LogP contribution in [0.1, 0.15) is 117 Å². The van der Waals surface area contributed by atoms with Crippen LogP contribution in [0.15, 0.2) is 12.2 Å². The second-order valence-corrected chi connectivity index (χ2v) is 14.8. The Kier molecular flexibility index (Phi) is 13.2. The normalized spacial score (nSPS) is 33.1. The third-order valence-electron chi connectivity index (χ3n) is 11.0. The largest absolute Gasteiger partial charge is 0.465 e. The van der Waals surface area contributed by atoms with Gasteiger partial charge in [0.25, 0.3) is 0 Å². The Bertz CT molecular complexity index is 1150. The van der Waals surface area contributed by atoms with Crippen LogP contribution in [0.3, 0.4) is 0 Å². The number of rotatable bonds is 16. The molecular weight excluding hydrogens is 612 g/mol. The minimum atomic E-state index is -0.813. The predicted octanol–water partition coefficient (Wildman–Crippen LogP) is 2.61. The fourth-order valence-electron chi connectivity index (χ4n) is 8.69. The molecule has 0 unspecified atom stereocenters. The van der Waals surface area contributed by atoms with Crippen LogP contribution < -0.4 is 22.1 Å². The van der Waals surface area contributed by atoms with Crippen molar-refractivity contribution in [1.29, 1.82) is 0 Å². The van der Waals surface area contributed by atoms with Gasteiger partial charge in [-0.25, -0.2) is 10.6 Å². The highest BCUT2D eigenvalue weighted by atomic mass is 16.6. The maximum absolute atomic E-state index is 14.0. The van der Waals surface area contributed by atoms with E-state index < -0.39 is 23.5 Å². The van der Waals surface area contributed by atoms with E-state index in [-0.39, 0.29) is 30.1 Å². The summed E-state index contributed by atoms with van der Waals surface area (Å²) in [6, 6.07) is 0.303. The van der Waals surface area contributed by atoms with Crippen LogP contribution in [0.25, 0.3) is 0 Å². The molecule has 12 heteroatoms. The van der Waals surface area contributed by atoms with Crippen LogP contribution in [0, 0.1) is 5.92 Å². The number of nitrogens with two attached hydrogens (primary N) is 2. The smallest absolute Gasteiger partial charge is 0.350 e. The summed E-state index contributed by atoms with van der Waals surface area (Å²) in [5.74, 6) is 0.397. The van der Waals surface area contributed by atoms with Crippen molar-refractivity contribution in [2.75, 3.05) is 32.8 Å². The Balaban J connectivity index is 1.16. The average molecular weight is 676 g/mol. The van der Waals surface area contributed by atoms with E-state index in [4.69, 9.17) is 25.7 Å². The van der Waals surface area contributed by atoms with Crippen molar-refractivity contribution in [1.82, 2.24) is 15.5 Å². The Morgan fingerprint density at radius 2 is 1.94 bits per heavy atom. The Hall–Kier alpha value is -2.25. The summed E-state index contributed by atoms with van der Waals surface area (Å²) in [4.78, 5) is 28.6. The number of allylic oxidation sites excluding steroid dienone is 1. The first kappa shape index (κ1) is 37.0. The first-order valence-corrected chi connectivity index (χ1v) is 19.0. The molecule has 272 valence electrons. The minimum Gasteiger partial charge on any atom is -0.465 e. The van der Waals surface area contributed by atoms with E-state index in [9.17, 15) is 14.7 Å². The molecule has 0 aromatic heterocycles. The van der Waals surface area contributed by atoms with E-state index in [1.165, 1.54) is 0 Å². The van der Waals surface area contributed by atoms with E-state index in [0.29, 0.717) is 58.1 Å². The average Bonchev–Trinajstić information content (AvgIpc) is 3.36. The molecule has 8 atom stereocenters. The number of nitrogens with one attached hydrogen (secondary N) is 2. The molecule has 2 spiro atoms. The zero-order valence-electron chi connectivity index (χ0n) is 29.5. The molecule has 1 amide bonds. The number of hydrogen-bond donors (Lipinski definition) is 5. The second-order valence-electron chi connectivity index (χ2n) is 14.8. The van der Waals surface area contributed by atoms with Gasteiger partial charge in [0.1, 0.15) is 0 Å². The van der Waals surface area contributed by atoms with Crippen molar-refractivity contribution in [3.8, 4) is 0 Å². The fourth-order valence-corrected chi connectivity index (χ4v) is 8.69. The van der Waals surface area contributed by atoms with Gasteiger partial charge in [0.05, 0.1) is 37.0 Å². The Morgan fingerprint density at radius 1 is 1.10 bits per heavy atom. The SMILES string of the molecule is CC[C@H]1C=CCC[C@@]2(C[C@@H]3CC[C@H]4[C@@H](C(=O)OCCCCCCC(=O)N(CCCN)C[C@@H](O)CCN)[C@@]5(CCC[C@@H](C)O5)NC(=[N+]34)N2)O1. The van der Waals surface area contributed by atoms with Gasteiger partial charge in [0.15, 0.2) is 11.6 Å². The molecule has 0 saturated carbocycles. The van der Waals surface area contributed by atoms with E-state index in [1.54, 1.807) is 4.90 Å². The van der Waals surface area contributed by atoms with Crippen molar-refractivity contribution in [3.05, 3.63) is 12.2 Å². The monoisotopic (exact) mass is 675 g/mol. The molecule has 7 N–H and O–H groups in total. The summed E-state index contributed by atoms with van der Waals surface area (Å²) in [6.45, 7) is 6.36. The number of amides is 1. The lowest BCUT2D eigenvalue weighted by molar-refractivity contribution is -0.609. The standard InChI is InChI=1S/C36H62N6O6/c1-3-29-13-7-8-18-35(48-29)24-27-15-16-30-32(36(19-10-12-26(2)47-36)40-34(39-35)42(27)30)33(45)46-23-9-5-4-6-14-31(44)41(22-11-20-37)25-28(43)17-21-38/h7,13,26-30,32,43H,3-6,8-12,14-25,37-38H2,1-2H3,(H,39,40)/p+1/t26-,27+,28+,29+,30+,32+,35+,36+/m1/s1. The summed E-state index contributed by atoms with van der Waals surface area (Å²) in [5.41, 5.74) is 9.98. The molecule has 2 saturated heterocycles. The molecule has 0 aliphatic carbocycles. The molecule has 2 fully saturated rings. The minimum absolute atomic E-state index is 0.0105. The number of carbonyl (C=O) groups is 2. The predicted molar refractivity (Wildman–Crippen MR) is 184 cm³/mol. The van der Waals surface area contributed by atoms with Gasteiger partial charge in [-0.1, -0.05) is 31.9 Å². The highest BCUT2D eigenvalue weighted by Crippen LogP contribution is 2.45. The molecule has 5 aliphatic rings. The first-order chi connectivity index (χ1) is 23.2. The van der Waals surface area contributed by atoms with Gasteiger partial charge in [-0.2, -0.15) is 0 Å². The van der Waals surface area contributed by atoms with Gasteiger partial charge in [0, 0.05) is 38.8 Å². The van der Waals surface area contributed by atoms with Crippen molar-refractivity contribution in [2.24, 2.45) is 17.4 Å². The van der Waals surface area contributed by atoms with E-state index in [2.05, 4.69) is 41.2 Å². The van der Waals surface area contributed by atoms with Crippen LogP contribution in [-0.4, -0.2) is 107 Å². The molecule has 0 aromatic rings. The van der Waals surface area contributed by atoms with Crippen LogP contribution >= 0.6 is 0 Å². The van der Waals surface area contributed by atoms with E-state index >= 15 is 0 Å². The maximum atomic E-state index is 14.0. The molecular formula is C36H63N6O6+. The Labute approximate surface area is 287 Å². The van der Waals surface area contributed by atoms with E-state index in [1.807, 2.05) is 0 Å². The number of aliphatic hydroxyl groups excluding tert-OH is 1. The lowest BCUT2D eigenvalue weighted by Crippen LogP contribution is -2.76. The maximum Gasteiger partial charge on any atom is 0.350 e. The molecule has 12 nitrogen and oxygen atoms in total. The van der Waals surface area contributed by atoms with E-state index in [0.717, 1.165) is 89.4 Å². The summed E-state index contributed by atoms with van der Waals surface area (Å²) >= 11 is 0. The summed E-state index contributed by atoms with van der Waals surface area (Å²) in [6.07, 6.45) is 17.2. The fraction of sp³-hybridized carbons (Fsp3) is 0.861. The molecule has 0 aromatic carbocycles. The van der Waals surface area contributed by atoms with Crippen molar-refractivity contribution in [3.63, 3.8) is 0 Å². The lowest BCUT2D eigenvalue weighted by Gasteiger charge is -2.50. The molecule has 5 rings (SSSR count). The number of guanidine groups is 1. The zero-order valence-corrected chi connectivity index (χ0v) is 29.5. The number of hydrogen-bond acceptors (Lipinski definition) is 10. The molecule has 5 heterocycles. The third-order valence-corrected chi connectivity index (χ3v) is 11.0. The second kappa shape index (κ2) is 17.1. The topological polar surface area (TPSA) is 164 Å². The highest BCUT2D eigenvalue weighted by molar-refractivity contribution is 5.82. The van der Waals surface area contributed by atoms with Gasteiger partial charge in [-0.3, -0.25) is 14.2 Å². The lowest BCUT2D eigenvalue weighted by atomic mass is 9.80. The number of carbonyl (C=O) groups excluding carboxylic acids is 2. The zero-order chi connectivity index (χ0) is 34.1. The molecule has 0 bridgehead atoms. The number of nitrogens with zero attached hydrogens (tertiary/aromatic N) is 2. The van der Waals surface area contributed by atoms with Crippen molar-refractivity contribution in [2.45, 2.75) is 158 Å². The number of aliphatic hydroxyl groups is 1. The summed E-state index contributed by atoms with van der Waals surface area (Å²) < 4.78 is 21.9. The van der Waals surface area contributed by atoms with Crippen LogP contribution in [-0.2, 0) is 23.8 Å². The van der Waals surface area contributed by atoms with Gasteiger partial charge in [0.2, 0.25) is 11.6 Å². The van der Waals surface area contributed by atoms with Crippen LogP contribution in [0.5, 0.6) is 0 Å². The number of esters is 1. The van der Waals surface area contributed by atoms with Gasteiger partial charge < -0.3 is 35.7 Å². The number of unbranched alkanes of at least 4 members (excludes halogenated alkanes) is 3. The highest BCUT2D eigenvalue weighted by Gasteiger charge is 2.64. The van der Waals surface area contributed by atoms with Gasteiger partial charge >= 0.3 is 11.9 Å². The molecule has 5 aliphatic heterocycles. The van der Waals surface area contributed by atoms with Crippen molar-refractivity contribution >= 4 is 17.8 Å². The number of ether oxygens (including phenoxy) is 3. The van der Waals surface area contributed by atoms with Gasteiger partial charge in [-0.15, -0.1) is 0 Å². The summed E-state index contributed by atoms with van der Waals surface area (Å²) in [5, 5.41) is 17.8. The van der Waals surface area contributed by atoms with Gasteiger partial charge in [-0.05, 0) is 84.2 Å². The molecule has 0 radical (unpaired) electrons. The summed E-state index contributed by atoms with van der Waals surface area (Å²) in [7, 11) is 0. The quantitative estimate of drug-likeness (QED) is 0.0711. The van der Waals surface area contributed by atoms with Crippen molar-refractivity contribution < 1.29 is 33.5 Å². The third kappa shape index (κ3) is 8.72. The Morgan fingerprint density at radius 3 is 2.71 bits per heavy atom. The van der Waals surface area contributed by atoms with Crippen LogP contribution in [0.2, 0.25) is 0 Å². The van der Waals surface area contributed by atoms with Crippen LogP contribution in [0.4, 0.5) is 0 Å². The molecule has 48 heavy (non-hydrogen) atoms.